The lowest BCUT2D eigenvalue weighted by Crippen LogP contribution is -2.43. The van der Waals surface area contributed by atoms with Crippen molar-refractivity contribution in [3.05, 3.63) is 0 Å². The third kappa shape index (κ3) is 3.26. The van der Waals surface area contributed by atoms with Gasteiger partial charge < -0.3 is 0 Å². The molecule has 1 unspecified atom stereocenters. The molecule has 14 heavy (non-hydrogen) atoms. The molecular weight excluding hydrogens is 227 g/mol. The lowest BCUT2D eigenvalue weighted by Gasteiger charge is -2.27. The normalized spacial score (nSPS) is 15.6. The van der Waals surface area contributed by atoms with E-state index in [0.29, 0.717) is 0 Å². The monoisotopic (exact) mass is 238 g/mol. The number of hydrogen-bond donors (Lipinski definition) is 0. The molecule has 6 heteroatoms. The van der Waals surface area contributed by atoms with Crippen LogP contribution in [0.2, 0.25) is 0 Å². The van der Waals surface area contributed by atoms with Crippen LogP contribution in [0.4, 0.5) is 22.0 Å². The van der Waals surface area contributed by atoms with Gasteiger partial charge in [-0.1, -0.05) is 6.92 Å². The van der Waals surface area contributed by atoms with Gasteiger partial charge in [0.1, 0.15) is 0 Å². The zero-order valence-electron chi connectivity index (χ0n) is 7.67. The van der Waals surface area contributed by atoms with Crippen LogP contribution in [-0.4, -0.2) is 18.0 Å². The van der Waals surface area contributed by atoms with Crippen molar-refractivity contribution in [3.8, 4) is 0 Å². The van der Waals surface area contributed by atoms with E-state index in [1.54, 1.807) is 0 Å². The van der Waals surface area contributed by atoms with Gasteiger partial charge in [0.2, 0.25) is 0 Å². The Hall–Kier alpha value is -0.0600. The Morgan fingerprint density at radius 1 is 1.14 bits per heavy atom. The fraction of sp³-hybridized carbons (Fsp3) is 1.00. The van der Waals surface area contributed by atoms with Gasteiger partial charge in [-0.2, -0.15) is 22.0 Å². The van der Waals surface area contributed by atoms with Gasteiger partial charge in [-0.3, -0.25) is 0 Å². The second kappa shape index (κ2) is 5.14. The van der Waals surface area contributed by atoms with Crippen molar-refractivity contribution >= 4 is 11.6 Å². The van der Waals surface area contributed by atoms with Gasteiger partial charge >= 0.3 is 12.1 Å². The van der Waals surface area contributed by atoms with Gasteiger partial charge in [0.15, 0.2) is 0 Å². The molecule has 0 aromatic rings. The van der Waals surface area contributed by atoms with E-state index in [-0.39, 0.29) is 25.1 Å². The maximum atomic E-state index is 12.8. The smallest absolute Gasteiger partial charge is 0.196 e. The highest BCUT2D eigenvalue weighted by Crippen LogP contribution is 2.44. The predicted molar refractivity (Wildman–Crippen MR) is 44.7 cm³/mol. The number of alkyl halides is 6. The average Bonchev–Trinajstić information content (AvgIpc) is 2.03. The summed E-state index contributed by atoms with van der Waals surface area (Å²) in [4.78, 5) is 0. The summed E-state index contributed by atoms with van der Waals surface area (Å²) >= 11 is 5.24. The van der Waals surface area contributed by atoms with E-state index in [4.69, 9.17) is 11.6 Å². The van der Waals surface area contributed by atoms with Gasteiger partial charge in [0, 0.05) is 11.8 Å². The van der Waals surface area contributed by atoms with Gasteiger partial charge in [0.25, 0.3) is 0 Å². The standard InChI is InChI=1S/C8H12ClF5/c1-2-6(4-3-5-9)7(10,11)8(12,13)14/h6H,2-5H2,1H3. The molecule has 0 spiro atoms. The zero-order valence-corrected chi connectivity index (χ0v) is 8.43. The topological polar surface area (TPSA) is 0 Å². The van der Waals surface area contributed by atoms with E-state index in [2.05, 4.69) is 0 Å². The first-order valence-corrected chi connectivity index (χ1v) is 4.81. The molecule has 0 aliphatic rings. The van der Waals surface area contributed by atoms with Gasteiger partial charge in [-0.25, -0.2) is 0 Å². The molecular formula is C8H12ClF5. The molecule has 0 amide bonds. The van der Waals surface area contributed by atoms with Crippen molar-refractivity contribution in [2.24, 2.45) is 5.92 Å². The van der Waals surface area contributed by atoms with Crippen molar-refractivity contribution in [2.45, 2.75) is 38.3 Å². The molecule has 0 saturated heterocycles. The molecule has 0 fully saturated rings. The van der Waals surface area contributed by atoms with E-state index in [0.717, 1.165) is 0 Å². The Morgan fingerprint density at radius 2 is 1.64 bits per heavy atom. The molecule has 0 saturated carbocycles. The number of halogens is 6. The van der Waals surface area contributed by atoms with Crippen molar-refractivity contribution in [1.29, 1.82) is 0 Å². The Bertz CT molecular complexity index is 166. The van der Waals surface area contributed by atoms with E-state index < -0.39 is 18.0 Å². The molecule has 0 radical (unpaired) electrons. The molecule has 1 atom stereocenters. The van der Waals surface area contributed by atoms with Crippen molar-refractivity contribution < 1.29 is 22.0 Å². The van der Waals surface area contributed by atoms with Crippen LogP contribution in [0.15, 0.2) is 0 Å². The van der Waals surface area contributed by atoms with E-state index in [1.165, 1.54) is 6.92 Å². The minimum absolute atomic E-state index is 0.102. The van der Waals surface area contributed by atoms with Crippen molar-refractivity contribution in [1.82, 2.24) is 0 Å². The van der Waals surface area contributed by atoms with E-state index in [1.807, 2.05) is 0 Å². The molecule has 0 rings (SSSR count). The molecule has 0 bridgehead atoms. The van der Waals surface area contributed by atoms with E-state index in [9.17, 15) is 22.0 Å². The fourth-order valence-corrected chi connectivity index (χ4v) is 1.35. The Balaban J connectivity index is 4.49. The molecule has 0 aromatic heterocycles. The molecule has 0 aliphatic carbocycles. The Morgan fingerprint density at radius 3 is 1.93 bits per heavy atom. The van der Waals surface area contributed by atoms with Crippen molar-refractivity contribution in [2.75, 3.05) is 5.88 Å². The second-order valence-corrected chi connectivity index (χ2v) is 3.44. The quantitative estimate of drug-likeness (QED) is 0.497. The van der Waals surface area contributed by atoms with Crippen LogP contribution in [0.1, 0.15) is 26.2 Å². The van der Waals surface area contributed by atoms with E-state index >= 15 is 0 Å². The zero-order chi connectivity index (χ0) is 11.4. The average molecular weight is 239 g/mol. The number of hydrogen-bond acceptors (Lipinski definition) is 0. The second-order valence-electron chi connectivity index (χ2n) is 3.06. The minimum Gasteiger partial charge on any atom is -0.196 e. The van der Waals surface area contributed by atoms with Crippen LogP contribution in [0.5, 0.6) is 0 Å². The summed E-state index contributed by atoms with van der Waals surface area (Å²) in [5.41, 5.74) is 0. The SMILES string of the molecule is CCC(CCCCl)C(F)(F)C(F)(F)F. The highest BCUT2D eigenvalue weighted by Gasteiger charge is 2.61. The van der Waals surface area contributed by atoms with Crippen LogP contribution in [0, 0.1) is 5.92 Å². The maximum Gasteiger partial charge on any atom is 0.453 e. The summed E-state index contributed by atoms with van der Waals surface area (Å²) in [5, 5.41) is 0. The van der Waals surface area contributed by atoms with Crippen LogP contribution < -0.4 is 0 Å². The summed E-state index contributed by atoms with van der Waals surface area (Å²) in [5.74, 6) is -6.17. The molecule has 0 aliphatic heterocycles. The first-order valence-electron chi connectivity index (χ1n) is 4.27. The minimum atomic E-state index is -5.46. The first-order chi connectivity index (χ1) is 6.27. The maximum absolute atomic E-state index is 12.8. The summed E-state index contributed by atoms with van der Waals surface area (Å²) in [7, 11) is 0. The Labute approximate surface area is 84.4 Å². The molecule has 0 nitrogen and oxygen atoms in total. The Kier molecular flexibility index (Phi) is 5.12. The summed E-state index contributed by atoms with van der Waals surface area (Å²) in [6.45, 7) is 1.32. The van der Waals surface area contributed by atoms with Crippen LogP contribution in [-0.2, 0) is 0 Å². The molecule has 0 N–H and O–H groups in total. The third-order valence-corrected chi connectivity index (χ3v) is 2.34. The predicted octanol–water partition coefficient (Wildman–Crippen LogP) is 4.23. The van der Waals surface area contributed by atoms with Crippen LogP contribution in [0.25, 0.3) is 0 Å². The summed E-state index contributed by atoms with van der Waals surface area (Å²) in [6.07, 6.45) is -5.69. The fourth-order valence-electron chi connectivity index (χ4n) is 1.20. The van der Waals surface area contributed by atoms with Gasteiger partial charge in [-0.15, -0.1) is 11.6 Å². The largest absolute Gasteiger partial charge is 0.453 e. The molecule has 0 aromatic carbocycles. The summed E-state index contributed by atoms with van der Waals surface area (Å²) < 4.78 is 61.2. The molecule has 0 heterocycles. The molecule has 86 valence electrons. The highest BCUT2D eigenvalue weighted by atomic mass is 35.5. The lowest BCUT2D eigenvalue weighted by molar-refractivity contribution is -0.303. The van der Waals surface area contributed by atoms with Gasteiger partial charge in [-0.05, 0) is 19.3 Å². The van der Waals surface area contributed by atoms with Crippen molar-refractivity contribution in [3.63, 3.8) is 0 Å². The number of rotatable bonds is 5. The first kappa shape index (κ1) is 13.9. The lowest BCUT2D eigenvalue weighted by atomic mass is 9.93. The highest BCUT2D eigenvalue weighted by molar-refractivity contribution is 6.17. The van der Waals surface area contributed by atoms with Crippen LogP contribution in [0.3, 0.4) is 0 Å². The third-order valence-electron chi connectivity index (χ3n) is 2.07. The van der Waals surface area contributed by atoms with Crippen LogP contribution >= 0.6 is 11.6 Å². The summed E-state index contributed by atoms with van der Waals surface area (Å²) in [6, 6.07) is 0. The van der Waals surface area contributed by atoms with Gasteiger partial charge in [0.05, 0.1) is 0 Å².